The summed E-state index contributed by atoms with van der Waals surface area (Å²) in [4.78, 5) is 0. The zero-order valence-electron chi connectivity index (χ0n) is 15.1. The third kappa shape index (κ3) is 2.24. The van der Waals surface area contributed by atoms with Gasteiger partial charge in [-0.25, -0.2) is 8.97 Å². The fraction of sp³-hybridized carbons (Fsp3) is 0.174. The Balaban J connectivity index is 1.88. The van der Waals surface area contributed by atoms with Crippen LogP contribution >= 0.6 is 0 Å². The molecule has 3 heteroatoms. The highest BCUT2D eigenvalue weighted by atomic mass is 15.1. The van der Waals surface area contributed by atoms with E-state index in [1.165, 1.54) is 33.0 Å². The zero-order valence-corrected chi connectivity index (χ0v) is 15.1. The molecule has 3 heterocycles. The Bertz CT molecular complexity index is 1230. The van der Waals surface area contributed by atoms with E-state index in [1.807, 2.05) is 0 Å². The first-order valence-electron chi connectivity index (χ1n) is 9.21. The molecule has 5 aromatic rings. The van der Waals surface area contributed by atoms with Gasteiger partial charge in [0, 0.05) is 22.8 Å². The molecule has 0 bridgehead atoms. The van der Waals surface area contributed by atoms with Gasteiger partial charge in [-0.05, 0) is 30.2 Å². The molecule has 0 unspecified atom stereocenters. The van der Waals surface area contributed by atoms with Crippen molar-refractivity contribution in [2.75, 3.05) is 0 Å². The second-order valence-electron chi connectivity index (χ2n) is 7.38. The summed E-state index contributed by atoms with van der Waals surface area (Å²) >= 11 is 0. The van der Waals surface area contributed by atoms with Crippen molar-refractivity contribution in [2.45, 2.75) is 20.4 Å². The molecule has 0 aliphatic carbocycles. The van der Waals surface area contributed by atoms with E-state index >= 15 is 0 Å². The van der Waals surface area contributed by atoms with Gasteiger partial charge >= 0.3 is 0 Å². The minimum absolute atomic E-state index is 0.588. The molecule has 0 N–H and O–H groups in total. The van der Waals surface area contributed by atoms with Crippen LogP contribution in [0.4, 0.5) is 0 Å². The number of hydrogen-bond donors (Lipinski definition) is 0. The van der Waals surface area contributed by atoms with E-state index in [1.54, 1.807) is 0 Å². The average molecular weight is 340 g/mol. The molecule has 128 valence electrons. The Morgan fingerprint density at radius 1 is 0.885 bits per heavy atom. The van der Waals surface area contributed by atoms with E-state index in [4.69, 9.17) is 0 Å². The molecular formula is C23H22N3+. The monoisotopic (exact) mass is 340 g/mol. The van der Waals surface area contributed by atoms with Crippen LogP contribution in [0.5, 0.6) is 0 Å². The second-order valence-corrected chi connectivity index (χ2v) is 7.38. The van der Waals surface area contributed by atoms with Gasteiger partial charge in [0.2, 0.25) is 0 Å². The number of hydrogen-bond acceptors (Lipinski definition) is 0. The highest BCUT2D eigenvalue weighted by Crippen LogP contribution is 2.31. The maximum atomic E-state index is 2.49. The Morgan fingerprint density at radius 3 is 2.46 bits per heavy atom. The van der Waals surface area contributed by atoms with Crippen LogP contribution in [-0.2, 0) is 6.54 Å². The van der Waals surface area contributed by atoms with Crippen LogP contribution in [0.3, 0.4) is 0 Å². The quantitative estimate of drug-likeness (QED) is 0.411. The summed E-state index contributed by atoms with van der Waals surface area (Å²) in [5.41, 5.74) is 5.05. The number of fused-ring (bicyclic) bond motifs is 5. The van der Waals surface area contributed by atoms with E-state index in [-0.39, 0.29) is 0 Å². The fourth-order valence-electron chi connectivity index (χ4n) is 3.96. The van der Waals surface area contributed by atoms with Gasteiger partial charge in [-0.2, -0.15) is 0 Å². The molecule has 3 nitrogen and oxygen atoms in total. The maximum Gasteiger partial charge on any atom is 0.254 e. The van der Waals surface area contributed by atoms with E-state index < -0.39 is 0 Å². The standard InChI is InChI=1S/C23H22N3/c1-17(2)14-26-21-11-7-6-10-19(21)20-12-13-24-16-25(15-22(24)23(20)26)18-8-4-3-5-9-18/h3-13,15-17H,14H2,1-2H3/q+1. The Morgan fingerprint density at radius 2 is 1.65 bits per heavy atom. The largest absolute Gasteiger partial charge is 0.337 e. The molecule has 2 aromatic carbocycles. The topological polar surface area (TPSA) is 14.0 Å². The molecule has 0 radical (unpaired) electrons. The molecule has 0 atom stereocenters. The molecule has 0 fully saturated rings. The summed E-state index contributed by atoms with van der Waals surface area (Å²) in [5.74, 6) is 0.588. The van der Waals surface area contributed by atoms with Crippen molar-refractivity contribution in [3.8, 4) is 5.69 Å². The van der Waals surface area contributed by atoms with Crippen LogP contribution in [0.15, 0.2) is 79.4 Å². The summed E-state index contributed by atoms with van der Waals surface area (Å²) in [6.45, 7) is 5.58. The van der Waals surface area contributed by atoms with Gasteiger partial charge in [-0.15, -0.1) is 0 Å². The molecule has 5 rings (SSSR count). The minimum Gasteiger partial charge on any atom is -0.337 e. The molecule has 0 spiro atoms. The number of aromatic nitrogens is 3. The molecule has 3 aromatic heterocycles. The van der Waals surface area contributed by atoms with Crippen molar-refractivity contribution in [1.82, 2.24) is 9.13 Å². The third-order valence-electron chi connectivity index (χ3n) is 5.04. The van der Waals surface area contributed by atoms with E-state index in [9.17, 15) is 0 Å². The van der Waals surface area contributed by atoms with Gasteiger partial charge in [0.15, 0.2) is 5.52 Å². The van der Waals surface area contributed by atoms with Crippen LogP contribution in [0.2, 0.25) is 0 Å². The third-order valence-corrected chi connectivity index (χ3v) is 5.04. The minimum atomic E-state index is 0.588. The van der Waals surface area contributed by atoms with E-state index in [0.717, 1.165) is 6.54 Å². The normalized spacial score (nSPS) is 12.0. The number of imidazole rings is 1. The molecule has 0 aliphatic rings. The van der Waals surface area contributed by atoms with E-state index in [0.29, 0.717) is 5.92 Å². The van der Waals surface area contributed by atoms with Crippen molar-refractivity contribution >= 4 is 27.3 Å². The van der Waals surface area contributed by atoms with E-state index in [2.05, 4.69) is 107 Å². The number of para-hydroxylation sites is 2. The van der Waals surface area contributed by atoms with Crippen molar-refractivity contribution < 1.29 is 4.40 Å². The lowest BCUT2D eigenvalue weighted by atomic mass is 10.2. The fourth-order valence-corrected chi connectivity index (χ4v) is 3.96. The summed E-state index contributed by atoms with van der Waals surface area (Å²) in [6, 6.07) is 21.5. The molecule has 26 heavy (non-hydrogen) atoms. The molecule has 0 amide bonds. The van der Waals surface area contributed by atoms with Crippen LogP contribution < -0.4 is 4.40 Å². The van der Waals surface area contributed by atoms with Crippen molar-refractivity contribution in [3.05, 3.63) is 79.4 Å². The van der Waals surface area contributed by atoms with Gasteiger partial charge in [-0.1, -0.05) is 50.2 Å². The van der Waals surface area contributed by atoms with Crippen LogP contribution in [0, 0.1) is 5.92 Å². The number of rotatable bonds is 3. The van der Waals surface area contributed by atoms with Crippen molar-refractivity contribution in [3.63, 3.8) is 0 Å². The van der Waals surface area contributed by atoms with Crippen molar-refractivity contribution in [2.24, 2.45) is 5.92 Å². The lowest BCUT2D eigenvalue weighted by molar-refractivity contribution is -0.510. The average Bonchev–Trinajstić information content (AvgIpc) is 3.22. The van der Waals surface area contributed by atoms with Gasteiger partial charge < -0.3 is 4.57 Å². The van der Waals surface area contributed by atoms with Gasteiger partial charge in [0.1, 0.15) is 17.4 Å². The summed E-state index contributed by atoms with van der Waals surface area (Å²) in [6.07, 6.45) is 6.57. The Hall–Kier alpha value is -3.07. The number of nitrogens with zero attached hydrogens (tertiary/aromatic N) is 3. The lowest BCUT2D eigenvalue weighted by Crippen LogP contribution is -2.18. The van der Waals surface area contributed by atoms with Gasteiger partial charge in [0.25, 0.3) is 6.33 Å². The first-order valence-corrected chi connectivity index (χ1v) is 9.21. The lowest BCUT2D eigenvalue weighted by Gasteiger charge is -2.09. The summed E-state index contributed by atoms with van der Waals surface area (Å²) in [7, 11) is 0. The second kappa shape index (κ2) is 5.73. The number of benzene rings is 2. The molecule has 0 saturated carbocycles. The Labute approximate surface area is 152 Å². The van der Waals surface area contributed by atoms with Gasteiger partial charge in [-0.3, -0.25) is 0 Å². The van der Waals surface area contributed by atoms with Crippen LogP contribution in [0.25, 0.3) is 33.0 Å². The first kappa shape index (κ1) is 15.2. The SMILES string of the molecule is CC(C)Cn1c2ccccc2c2cc[n+]3cn(-c4ccccc4)cc3c21. The smallest absolute Gasteiger partial charge is 0.254 e. The first-order chi connectivity index (χ1) is 12.7. The maximum absolute atomic E-state index is 2.49. The highest BCUT2D eigenvalue weighted by Gasteiger charge is 2.19. The van der Waals surface area contributed by atoms with Crippen LogP contribution in [-0.4, -0.2) is 9.13 Å². The van der Waals surface area contributed by atoms with Gasteiger partial charge in [0.05, 0.1) is 6.20 Å². The Kier molecular flexibility index (Phi) is 3.35. The molecule has 0 saturated heterocycles. The molecular weight excluding hydrogens is 318 g/mol. The predicted octanol–water partition coefficient (Wildman–Crippen LogP) is 4.98. The zero-order chi connectivity index (χ0) is 17.7. The predicted molar refractivity (Wildman–Crippen MR) is 107 cm³/mol. The van der Waals surface area contributed by atoms with Crippen LogP contribution in [0.1, 0.15) is 13.8 Å². The van der Waals surface area contributed by atoms with Crippen molar-refractivity contribution in [1.29, 1.82) is 0 Å². The molecule has 0 aliphatic heterocycles. The summed E-state index contributed by atoms with van der Waals surface area (Å²) < 4.78 is 6.91. The summed E-state index contributed by atoms with van der Waals surface area (Å²) in [5, 5.41) is 2.66. The number of pyridine rings is 1. The highest BCUT2D eigenvalue weighted by molar-refractivity contribution is 6.11.